The second-order valence-electron chi connectivity index (χ2n) is 18.6. The van der Waals surface area contributed by atoms with E-state index in [0.717, 1.165) is 96.1 Å². The molecule has 3 N–H and O–H groups in total. The topological polar surface area (TPSA) is 183 Å². The van der Waals surface area contributed by atoms with E-state index in [1.807, 2.05) is 58.9 Å². The zero-order chi connectivity index (χ0) is 42.9. The van der Waals surface area contributed by atoms with E-state index >= 15 is 0 Å². The molecule has 3 aliphatic heterocycles. The molecule has 1 atom stereocenters. The number of aryl methyl sites for hydroxylation is 1. The maximum atomic E-state index is 13.0. The van der Waals surface area contributed by atoms with Crippen LogP contribution in [0.15, 0.2) is 65.4 Å². The van der Waals surface area contributed by atoms with Crippen molar-refractivity contribution in [3.63, 3.8) is 0 Å². The number of benzene rings is 2. The number of carbonyl (C=O) groups excluding carboxylic acids is 3. The summed E-state index contributed by atoms with van der Waals surface area (Å²) in [6.45, 7) is 15.2. The zero-order valence-electron chi connectivity index (χ0n) is 35.9. The normalized spacial score (nSPS) is 18.6. The van der Waals surface area contributed by atoms with Gasteiger partial charge < -0.3 is 19.7 Å². The number of hydrogen-bond acceptors (Lipinski definition) is 11. The molecule has 16 nitrogen and oxygen atoms in total. The van der Waals surface area contributed by atoms with Gasteiger partial charge in [-0.25, -0.2) is 14.8 Å². The van der Waals surface area contributed by atoms with Crippen LogP contribution >= 0.6 is 0 Å². The van der Waals surface area contributed by atoms with Gasteiger partial charge in [-0.2, -0.15) is 10.1 Å². The number of anilines is 2. The smallest absolute Gasteiger partial charge is 0.328 e. The Hall–Kier alpha value is -6.42. The van der Waals surface area contributed by atoms with Gasteiger partial charge in [0.2, 0.25) is 5.91 Å². The van der Waals surface area contributed by atoms with Crippen molar-refractivity contribution in [1.29, 1.82) is 0 Å². The molecule has 1 aliphatic carbocycles. The second-order valence-corrected chi connectivity index (χ2v) is 18.6. The summed E-state index contributed by atoms with van der Waals surface area (Å²) in [5.74, 6) is 0.427. The van der Waals surface area contributed by atoms with Crippen LogP contribution in [0, 0.1) is 12.8 Å². The number of H-pyrrole nitrogens is 1. The van der Waals surface area contributed by atoms with Crippen LogP contribution < -0.4 is 20.4 Å². The highest BCUT2D eigenvalue weighted by atomic mass is 16.5. The van der Waals surface area contributed by atoms with Crippen LogP contribution in [0.5, 0.6) is 0 Å². The van der Waals surface area contributed by atoms with Crippen molar-refractivity contribution in [2.45, 2.75) is 96.8 Å². The van der Waals surface area contributed by atoms with Gasteiger partial charge in [0.1, 0.15) is 17.7 Å². The first-order valence-electron chi connectivity index (χ1n) is 21.7. The van der Waals surface area contributed by atoms with Gasteiger partial charge in [0.25, 0.3) is 0 Å². The van der Waals surface area contributed by atoms with Crippen LogP contribution in [0.25, 0.3) is 33.7 Å². The van der Waals surface area contributed by atoms with Crippen LogP contribution in [0.3, 0.4) is 0 Å². The Morgan fingerprint density at radius 3 is 2.48 bits per heavy atom. The van der Waals surface area contributed by atoms with Crippen molar-refractivity contribution < 1.29 is 18.9 Å². The van der Waals surface area contributed by atoms with Crippen molar-refractivity contribution in [3.8, 4) is 22.6 Å². The molecule has 7 heterocycles. The highest BCUT2D eigenvalue weighted by molar-refractivity contribution is 6.05. The Kier molecular flexibility index (Phi) is 9.72. The summed E-state index contributed by atoms with van der Waals surface area (Å²) in [5.41, 5.74) is 9.40. The number of aromatic nitrogens is 7. The van der Waals surface area contributed by atoms with Crippen LogP contribution in [0.4, 0.5) is 16.2 Å². The number of imide groups is 1. The number of aromatic amines is 1. The number of carbonyl (C=O) groups is 3. The molecule has 4 aromatic heterocycles. The van der Waals surface area contributed by atoms with Crippen LogP contribution in [0.2, 0.25) is 0 Å². The summed E-state index contributed by atoms with van der Waals surface area (Å²) in [5, 5.41) is 15.5. The number of piperidine rings is 1. The molecule has 0 radical (unpaired) electrons. The first kappa shape index (κ1) is 39.7. The second kappa shape index (κ2) is 15.2. The Balaban J connectivity index is 0.790. The molecular formula is C46H52N12O4. The van der Waals surface area contributed by atoms with E-state index in [0.29, 0.717) is 24.7 Å². The monoisotopic (exact) mass is 836 g/mol. The van der Waals surface area contributed by atoms with E-state index in [2.05, 4.69) is 75.6 Å². The summed E-state index contributed by atoms with van der Waals surface area (Å²) in [6, 6.07) is 18.0. The molecule has 2 saturated heterocycles. The van der Waals surface area contributed by atoms with Crippen molar-refractivity contribution in [1.82, 2.24) is 50.4 Å². The summed E-state index contributed by atoms with van der Waals surface area (Å²) in [4.78, 5) is 60.8. The van der Waals surface area contributed by atoms with Crippen molar-refractivity contribution >= 4 is 40.3 Å². The van der Waals surface area contributed by atoms with Gasteiger partial charge in [-0.1, -0.05) is 38.1 Å². The number of hydrogen-bond donors (Lipinski definition) is 3. The third-order valence-electron chi connectivity index (χ3n) is 13.2. The molecule has 1 saturated carbocycles. The predicted molar refractivity (Wildman–Crippen MR) is 233 cm³/mol. The number of amides is 4. The summed E-state index contributed by atoms with van der Waals surface area (Å²) < 4.78 is 7.48. The average Bonchev–Trinajstić information content (AvgIpc) is 3.58. The Labute approximate surface area is 359 Å². The van der Waals surface area contributed by atoms with E-state index in [4.69, 9.17) is 14.6 Å². The molecule has 6 aromatic rings. The molecule has 4 amide bonds. The number of nitrogens with zero attached hydrogens (tertiary/aromatic N) is 9. The predicted octanol–water partition coefficient (Wildman–Crippen LogP) is 6.68. The molecule has 0 bridgehead atoms. The quantitative estimate of drug-likeness (QED) is 0.141. The maximum Gasteiger partial charge on any atom is 0.328 e. The molecule has 1 spiro atoms. The van der Waals surface area contributed by atoms with Crippen molar-refractivity contribution in [2.24, 2.45) is 5.92 Å². The lowest BCUT2D eigenvalue weighted by Crippen LogP contribution is -2.49. The molecule has 3 fully saturated rings. The van der Waals surface area contributed by atoms with Crippen molar-refractivity contribution in [2.75, 3.05) is 36.0 Å². The van der Waals surface area contributed by atoms with E-state index < -0.39 is 5.91 Å². The number of nitrogens with one attached hydrogen (secondary N) is 3. The highest BCUT2D eigenvalue weighted by Gasteiger charge is 2.51. The lowest BCUT2D eigenvalue weighted by Gasteiger charge is -2.41. The number of urea groups is 1. The number of rotatable bonds is 9. The minimum atomic E-state index is -0.409. The Morgan fingerprint density at radius 2 is 1.77 bits per heavy atom. The van der Waals surface area contributed by atoms with Gasteiger partial charge in [-0.05, 0) is 99.0 Å². The first-order valence-corrected chi connectivity index (χ1v) is 21.7. The fourth-order valence-electron chi connectivity index (χ4n) is 9.38. The van der Waals surface area contributed by atoms with E-state index in [1.165, 1.54) is 24.2 Å². The summed E-state index contributed by atoms with van der Waals surface area (Å²) >= 11 is 0. The molecule has 320 valence electrons. The molecular weight excluding hydrogens is 785 g/mol. The lowest BCUT2D eigenvalue weighted by molar-refractivity contribution is -0.120. The highest BCUT2D eigenvalue weighted by Crippen LogP contribution is 2.47. The van der Waals surface area contributed by atoms with Crippen molar-refractivity contribution in [3.05, 3.63) is 89.5 Å². The fourth-order valence-corrected chi connectivity index (χ4v) is 9.38. The van der Waals surface area contributed by atoms with Gasteiger partial charge in [0.05, 0.1) is 29.7 Å². The first-order chi connectivity index (χ1) is 29.8. The third kappa shape index (κ3) is 7.50. The van der Waals surface area contributed by atoms with Crippen LogP contribution in [0.1, 0.15) is 99.2 Å². The zero-order valence-corrected chi connectivity index (χ0v) is 35.9. The Bertz CT molecular complexity index is 2700. The van der Waals surface area contributed by atoms with E-state index in [-0.39, 0.29) is 34.8 Å². The summed E-state index contributed by atoms with van der Waals surface area (Å²) in [7, 11) is 0. The molecule has 62 heavy (non-hydrogen) atoms. The molecule has 4 aliphatic rings. The standard InChI is InChI=1S/C46H52N12O4/c1-27-20-30(6-11-34(27)28(2)49-41(60)42-52-43(54-62-42)45(3,4)5)39-35-22-36(50-40(35)48-26-47-39)37-21-33-24-56(46(15-16-46)25-58(33)53-37)23-29-12-17-55(18-13-29)31-7-9-32(10-8-31)57-19-14-38(59)51-44(57)61/h6-11,20-22,26,28-29H,12-19,23-25H2,1-5H3,(H,49,60)(H,47,48,50)(H,51,59,61)/t28-/m1/s1. The maximum absolute atomic E-state index is 13.0. The van der Waals surface area contributed by atoms with Crippen LogP contribution in [-0.4, -0.2) is 89.3 Å². The van der Waals surface area contributed by atoms with Gasteiger partial charge in [-0.15, -0.1) is 0 Å². The van der Waals surface area contributed by atoms with Gasteiger partial charge in [0, 0.05) is 72.4 Å². The minimum absolute atomic E-state index is 0.0485. The Morgan fingerprint density at radius 1 is 1.00 bits per heavy atom. The number of fused-ring (bicyclic) bond motifs is 2. The van der Waals surface area contributed by atoms with Gasteiger partial charge in [-0.3, -0.25) is 29.4 Å². The molecule has 0 unspecified atom stereocenters. The van der Waals surface area contributed by atoms with Gasteiger partial charge in [0.15, 0.2) is 5.82 Å². The SMILES string of the molecule is Cc1cc(-c2ncnc3[nH]c(-c4cc5n(n4)CC4(CC4)N(CC4CCN(c6ccc(N7CCC(=O)NC7=O)cc6)CC4)C5)cc23)ccc1[C@@H](C)NC(=O)c1nc(C(C)(C)C)no1. The van der Waals surface area contributed by atoms with Crippen LogP contribution in [-0.2, 0) is 23.3 Å². The minimum Gasteiger partial charge on any atom is -0.372 e. The average molecular weight is 837 g/mol. The molecule has 16 heteroatoms. The fraction of sp³-hybridized carbons (Fsp3) is 0.435. The van der Waals surface area contributed by atoms with E-state index in [1.54, 1.807) is 11.2 Å². The lowest BCUT2D eigenvalue weighted by atomic mass is 9.94. The summed E-state index contributed by atoms with van der Waals surface area (Å²) in [6.07, 6.45) is 6.56. The van der Waals surface area contributed by atoms with Gasteiger partial charge >= 0.3 is 17.8 Å². The molecule has 10 rings (SSSR count). The molecule has 2 aromatic carbocycles. The van der Waals surface area contributed by atoms with E-state index in [9.17, 15) is 14.4 Å². The largest absolute Gasteiger partial charge is 0.372 e. The third-order valence-corrected chi connectivity index (χ3v) is 13.2.